The Balaban J connectivity index is 1.48. The summed E-state index contributed by atoms with van der Waals surface area (Å²) < 4.78 is 0. The van der Waals surface area contributed by atoms with Crippen molar-refractivity contribution >= 4 is 29.0 Å². The third kappa shape index (κ3) is 4.80. The van der Waals surface area contributed by atoms with Gasteiger partial charge in [-0.05, 0) is 49.9 Å². The van der Waals surface area contributed by atoms with E-state index >= 15 is 0 Å². The van der Waals surface area contributed by atoms with Gasteiger partial charge in [-0.2, -0.15) is 0 Å². The molecule has 6 heteroatoms. The van der Waals surface area contributed by atoms with Crippen molar-refractivity contribution < 1.29 is 4.79 Å². The van der Waals surface area contributed by atoms with Gasteiger partial charge in [0.1, 0.15) is 0 Å². The normalized spacial score (nSPS) is 15.4. The lowest BCUT2D eigenvalue weighted by molar-refractivity contribution is 0.0950. The number of hydrogen-bond acceptors (Lipinski definition) is 5. The highest BCUT2D eigenvalue weighted by Gasteiger charge is 2.28. The second-order valence-electron chi connectivity index (χ2n) is 5.88. The first-order chi connectivity index (χ1) is 11.1. The van der Waals surface area contributed by atoms with Crippen molar-refractivity contribution in [3.63, 3.8) is 0 Å². The van der Waals surface area contributed by atoms with E-state index in [9.17, 15) is 4.79 Å². The highest BCUT2D eigenvalue weighted by Crippen LogP contribution is 2.31. The highest BCUT2D eigenvalue weighted by molar-refractivity contribution is 7.98. The number of benzene rings is 1. The quantitative estimate of drug-likeness (QED) is 0.755. The van der Waals surface area contributed by atoms with Crippen LogP contribution in [0.5, 0.6) is 0 Å². The van der Waals surface area contributed by atoms with Gasteiger partial charge < -0.3 is 11.1 Å². The first-order valence-corrected chi connectivity index (χ1v) is 9.66. The molecule has 23 heavy (non-hydrogen) atoms. The molecule has 122 valence electrons. The molecule has 1 atom stereocenters. The van der Waals surface area contributed by atoms with Gasteiger partial charge in [-0.25, -0.2) is 4.98 Å². The molecule has 0 aliphatic heterocycles. The molecule has 1 unspecified atom stereocenters. The molecule has 1 aliphatic carbocycles. The zero-order valence-corrected chi connectivity index (χ0v) is 14.8. The standard InChI is InChI=1S/C17H21N3OS2/c1-11-20-14(9-22-11)10-23-15-6-4-13(5-7-15)17(21)19-8-16(18)12-2-3-12/h4-7,9,12,16H,2-3,8,10,18H2,1H3,(H,19,21). The van der Waals surface area contributed by atoms with Crippen molar-refractivity contribution in [2.75, 3.05) is 6.54 Å². The van der Waals surface area contributed by atoms with Crippen LogP contribution in [0.4, 0.5) is 0 Å². The molecule has 1 fully saturated rings. The fraction of sp³-hybridized carbons (Fsp3) is 0.412. The lowest BCUT2D eigenvalue weighted by Crippen LogP contribution is -2.38. The van der Waals surface area contributed by atoms with E-state index in [1.54, 1.807) is 23.1 Å². The molecular formula is C17H21N3OS2. The monoisotopic (exact) mass is 347 g/mol. The van der Waals surface area contributed by atoms with Crippen LogP contribution in [0.1, 0.15) is 33.9 Å². The number of nitrogens with two attached hydrogens (primary N) is 1. The number of nitrogens with one attached hydrogen (secondary N) is 1. The summed E-state index contributed by atoms with van der Waals surface area (Å²) in [6.07, 6.45) is 2.39. The number of amides is 1. The molecule has 1 heterocycles. The molecule has 1 saturated carbocycles. The Morgan fingerprint density at radius 1 is 1.43 bits per heavy atom. The van der Waals surface area contributed by atoms with Gasteiger partial charge in [0, 0.05) is 34.2 Å². The van der Waals surface area contributed by atoms with Crippen LogP contribution in [-0.4, -0.2) is 23.5 Å². The highest BCUT2D eigenvalue weighted by atomic mass is 32.2. The second kappa shape index (κ2) is 7.47. The van der Waals surface area contributed by atoms with Crippen LogP contribution in [0.15, 0.2) is 34.5 Å². The Bertz CT molecular complexity index is 665. The zero-order valence-electron chi connectivity index (χ0n) is 13.1. The number of carbonyl (C=O) groups excluding carboxylic acids is 1. The van der Waals surface area contributed by atoms with Crippen molar-refractivity contribution in [3.8, 4) is 0 Å². The largest absolute Gasteiger partial charge is 0.350 e. The van der Waals surface area contributed by atoms with Gasteiger partial charge in [-0.15, -0.1) is 23.1 Å². The maximum Gasteiger partial charge on any atom is 0.251 e. The minimum absolute atomic E-state index is 0.0484. The smallest absolute Gasteiger partial charge is 0.251 e. The molecule has 0 spiro atoms. The van der Waals surface area contributed by atoms with Crippen LogP contribution in [0, 0.1) is 12.8 Å². The van der Waals surface area contributed by atoms with E-state index in [2.05, 4.69) is 15.7 Å². The Morgan fingerprint density at radius 2 is 2.17 bits per heavy atom. The Hall–Kier alpha value is -1.37. The van der Waals surface area contributed by atoms with Crippen molar-refractivity contribution in [1.29, 1.82) is 0 Å². The predicted molar refractivity (Wildman–Crippen MR) is 95.9 cm³/mol. The molecule has 1 amide bonds. The number of aryl methyl sites for hydroxylation is 1. The topological polar surface area (TPSA) is 68.0 Å². The Morgan fingerprint density at radius 3 is 2.78 bits per heavy atom. The number of rotatable bonds is 7. The van der Waals surface area contributed by atoms with Crippen molar-refractivity contribution in [1.82, 2.24) is 10.3 Å². The number of hydrogen-bond donors (Lipinski definition) is 2. The minimum Gasteiger partial charge on any atom is -0.350 e. The van der Waals surface area contributed by atoms with Crippen LogP contribution in [0.25, 0.3) is 0 Å². The van der Waals surface area contributed by atoms with Gasteiger partial charge in [0.2, 0.25) is 0 Å². The van der Waals surface area contributed by atoms with E-state index in [0.29, 0.717) is 18.0 Å². The van der Waals surface area contributed by atoms with Gasteiger partial charge in [-0.1, -0.05) is 0 Å². The van der Waals surface area contributed by atoms with Gasteiger partial charge in [-0.3, -0.25) is 4.79 Å². The first-order valence-electron chi connectivity index (χ1n) is 7.79. The zero-order chi connectivity index (χ0) is 16.2. The van der Waals surface area contributed by atoms with E-state index < -0.39 is 0 Å². The molecular weight excluding hydrogens is 326 g/mol. The Labute approximate surface area is 144 Å². The van der Waals surface area contributed by atoms with Gasteiger partial charge in [0.25, 0.3) is 5.91 Å². The molecule has 1 aromatic carbocycles. The van der Waals surface area contributed by atoms with Crippen LogP contribution >= 0.6 is 23.1 Å². The SMILES string of the molecule is Cc1nc(CSc2ccc(C(=O)NCC(N)C3CC3)cc2)cs1. The van der Waals surface area contributed by atoms with Crippen LogP contribution in [-0.2, 0) is 5.75 Å². The first kappa shape index (κ1) is 16.5. The molecule has 4 nitrogen and oxygen atoms in total. The molecule has 3 N–H and O–H groups in total. The predicted octanol–water partition coefficient (Wildman–Crippen LogP) is 3.21. The maximum absolute atomic E-state index is 12.1. The van der Waals surface area contributed by atoms with Crippen LogP contribution in [0.2, 0.25) is 0 Å². The van der Waals surface area contributed by atoms with Crippen LogP contribution < -0.4 is 11.1 Å². The molecule has 0 radical (unpaired) electrons. The number of aromatic nitrogens is 1. The summed E-state index contributed by atoms with van der Waals surface area (Å²) in [7, 11) is 0. The lowest BCUT2D eigenvalue weighted by atomic mass is 10.2. The second-order valence-corrected chi connectivity index (χ2v) is 7.99. The summed E-state index contributed by atoms with van der Waals surface area (Å²) in [5, 5.41) is 6.11. The van der Waals surface area contributed by atoms with E-state index in [-0.39, 0.29) is 11.9 Å². The third-order valence-corrected chi connectivity index (χ3v) is 5.76. The number of nitrogens with zero attached hydrogens (tertiary/aromatic N) is 1. The van der Waals surface area contributed by atoms with Crippen molar-refractivity contribution in [3.05, 3.63) is 45.9 Å². The van der Waals surface area contributed by atoms with E-state index in [1.165, 1.54) is 12.8 Å². The molecule has 1 aromatic heterocycles. The van der Waals surface area contributed by atoms with Crippen molar-refractivity contribution in [2.24, 2.45) is 11.7 Å². The molecule has 1 aliphatic rings. The van der Waals surface area contributed by atoms with Crippen molar-refractivity contribution in [2.45, 2.75) is 36.5 Å². The summed E-state index contributed by atoms with van der Waals surface area (Å²) in [5.74, 6) is 1.41. The summed E-state index contributed by atoms with van der Waals surface area (Å²) in [6, 6.07) is 7.80. The van der Waals surface area contributed by atoms with Crippen LogP contribution in [0.3, 0.4) is 0 Å². The molecule has 3 rings (SSSR count). The number of thiazole rings is 1. The third-order valence-electron chi connectivity index (χ3n) is 3.90. The molecule has 2 aromatic rings. The molecule has 0 bridgehead atoms. The summed E-state index contributed by atoms with van der Waals surface area (Å²) in [6.45, 7) is 2.57. The maximum atomic E-state index is 12.1. The van der Waals surface area contributed by atoms with E-state index in [1.807, 2.05) is 31.2 Å². The fourth-order valence-electron chi connectivity index (χ4n) is 2.34. The van der Waals surface area contributed by atoms with Gasteiger partial charge in [0.15, 0.2) is 0 Å². The van der Waals surface area contributed by atoms with E-state index in [4.69, 9.17) is 5.73 Å². The van der Waals surface area contributed by atoms with E-state index in [0.717, 1.165) is 21.3 Å². The summed E-state index contributed by atoms with van der Waals surface area (Å²) >= 11 is 3.40. The summed E-state index contributed by atoms with van der Waals surface area (Å²) in [5.41, 5.74) is 7.79. The minimum atomic E-state index is -0.0484. The number of thioether (sulfide) groups is 1. The lowest BCUT2D eigenvalue weighted by Gasteiger charge is -2.11. The fourth-order valence-corrected chi connectivity index (χ4v) is 3.85. The van der Waals surface area contributed by atoms with Gasteiger partial charge >= 0.3 is 0 Å². The summed E-state index contributed by atoms with van der Waals surface area (Å²) in [4.78, 5) is 17.7. The average molecular weight is 348 g/mol. The Kier molecular flexibility index (Phi) is 5.35. The van der Waals surface area contributed by atoms with Gasteiger partial charge in [0.05, 0.1) is 10.7 Å². The molecule has 0 saturated heterocycles. The average Bonchev–Trinajstić information content (AvgIpc) is 3.33. The number of carbonyl (C=O) groups is 1.